The van der Waals surface area contributed by atoms with Crippen molar-refractivity contribution in [3.05, 3.63) is 34.7 Å². The third kappa shape index (κ3) is 2.88. The van der Waals surface area contributed by atoms with Crippen molar-refractivity contribution in [2.75, 3.05) is 13.1 Å². The van der Waals surface area contributed by atoms with Crippen molar-refractivity contribution < 1.29 is 4.79 Å². The minimum Gasteiger partial charge on any atom is -0.345 e. The second-order valence-corrected chi connectivity index (χ2v) is 5.90. The molecule has 4 heteroatoms. The van der Waals surface area contributed by atoms with Crippen molar-refractivity contribution in [2.24, 2.45) is 11.8 Å². The van der Waals surface area contributed by atoms with Gasteiger partial charge in [-0.3, -0.25) is 9.59 Å². The van der Waals surface area contributed by atoms with Crippen LogP contribution in [-0.4, -0.2) is 28.5 Å². The van der Waals surface area contributed by atoms with E-state index in [4.69, 9.17) is 0 Å². The molecule has 0 unspecified atom stereocenters. The highest BCUT2D eigenvalue weighted by Crippen LogP contribution is 2.34. The lowest BCUT2D eigenvalue weighted by Gasteiger charge is -2.41. The highest BCUT2D eigenvalue weighted by atomic mass is 16.2. The molecule has 1 aliphatic heterocycles. The molecule has 1 aliphatic carbocycles. The van der Waals surface area contributed by atoms with Gasteiger partial charge in [-0.1, -0.05) is 6.42 Å². The second-order valence-electron chi connectivity index (χ2n) is 5.90. The number of carbonyl (C=O) groups is 1. The minimum atomic E-state index is -0.0174. The summed E-state index contributed by atoms with van der Waals surface area (Å²) in [5, 5.41) is 0. The van der Waals surface area contributed by atoms with Crippen LogP contribution < -0.4 is 5.43 Å². The first-order valence-corrected chi connectivity index (χ1v) is 7.14. The first-order valence-electron chi connectivity index (χ1n) is 7.14. The normalized spacial score (nSPS) is 26.2. The topological polar surface area (TPSA) is 42.3 Å². The molecule has 1 aromatic heterocycles. The average molecular weight is 260 g/mol. The molecule has 2 aliphatic rings. The number of nitrogens with zero attached hydrogens (tertiary/aromatic N) is 2. The fourth-order valence-corrected chi connectivity index (χ4v) is 3.44. The van der Waals surface area contributed by atoms with Crippen LogP contribution in [0.3, 0.4) is 0 Å². The predicted octanol–water partition coefficient (Wildman–Crippen LogP) is 1.50. The lowest BCUT2D eigenvalue weighted by molar-refractivity contribution is -0.135. The standard InChI is InChI=1S/C15H20N2O2/c18-14-4-6-16(7-5-14)11-15(19)17-9-12-2-1-3-13(8-12)10-17/h4-7,12-13H,1-3,8-11H2/t12-,13-/m1/s1. The van der Waals surface area contributed by atoms with Crippen molar-refractivity contribution in [1.29, 1.82) is 0 Å². The number of rotatable bonds is 2. The lowest BCUT2D eigenvalue weighted by atomic mass is 9.78. The Morgan fingerprint density at radius 2 is 1.79 bits per heavy atom. The van der Waals surface area contributed by atoms with Crippen molar-refractivity contribution in [3.63, 3.8) is 0 Å². The third-order valence-corrected chi connectivity index (χ3v) is 4.38. The van der Waals surface area contributed by atoms with E-state index < -0.39 is 0 Å². The van der Waals surface area contributed by atoms with Crippen molar-refractivity contribution in [2.45, 2.75) is 32.2 Å². The summed E-state index contributed by atoms with van der Waals surface area (Å²) in [6.45, 7) is 2.20. The Balaban J connectivity index is 1.64. The smallest absolute Gasteiger partial charge is 0.242 e. The van der Waals surface area contributed by atoms with Gasteiger partial charge in [-0.15, -0.1) is 0 Å². The quantitative estimate of drug-likeness (QED) is 0.808. The van der Waals surface area contributed by atoms with Crippen LogP contribution in [-0.2, 0) is 11.3 Å². The number of aromatic nitrogens is 1. The largest absolute Gasteiger partial charge is 0.345 e. The molecule has 2 heterocycles. The van der Waals surface area contributed by atoms with E-state index in [0.717, 1.165) is 13.1 Å². The number of carbonyl (C=O) groups excluding carboxylic acids is 1. The predicted molar refractivity (Wildman–Crippen MR) is 72.7 cm³/mol. The molecule has 0 N–H and O–H groups in total. The molecule has 0 aromatic carbocycles. The van der Waals surface area contributed by atoms with Gasteiger partial charge in [0.1, 0.15) is 6.54 Å². The maximum absolute atomic E-state index is 12.3. The van der Waals surface area contributed by atoms with Crippen molar-refractivity contribution in [1.82, 2.24) is 9.47 Å². The Hall–Kier alpha value is -1.58. The van der Waals surface area contributed by atoms with Crippen LogP contribution in [0.5, 0.6) is 0 Å². The number of piperidine rings is 1. The highest BCUT2D eigenvalue weighted by Gasteiger charge is 2.32. The molecule has 102 valence electrons. The maximum Gasteiger partial charge on any atom is 0.242 e. The van der Waals surface area contributed by atoms with E-state index in [1.165, 1.54) is 37.8 Å². The van der Waals surface area contributed by atoms with Gasteiger partial charge in [-0.2, -0.15) is 0 Å². The molecule has 0 radical (unpaired) electrons. The Morgan fingerprint density at radius 3 is 2.42 bits per heavy atom. The van der Waals surface area contributed by atoms with Gasteiger partial charge in [0, 0.05) is 37.6 Å². The van der Waals surface area contributed by atoms with E-state index in [-0.39, 0.29) is 11.3 Å². The van der Waals surface area contributed by atoms with E-state index >= 15 is 0 Å². The van der Waals surface area contributed by atoms with Crippen LogP contribution in [0.15, 0.2) is 29.3 Å². The fourth-order valence-electron chi connectivity index (χ4n) is 3.44. The number of amides is 1. The van der Waals surface area contributed by atoms with Gasteiger partial charge in [0.15, 0.2) is 5.43 Å². The van der Waals surface area contributed by atoms with E-state index in [9.17, 15) is 9.59 Å². The van der Waals surface area contributed by atoms with Gasteiger partial charge in [0.05, 0.1) is 0 Å². The molecule has 4 nitrogen and oxygen atoms in total. The zero-order chi connectivity index (χ0) is 13.2. The maximum atomic E-state index is 12.3. The lowest BCUT2D eigenvalue weighted by Crippen LogP contribution is -2.46. The van der Waals surface area contributed by atoms with Crippen molar-refractivity contribution >= 4 is 5.91 Å². The molecule has 1 saturated carbocycles. The second kappa shape index (κ2) is 5.19. The van der Waals surface area contributed by atoms with Crippen molar-refractivity contribution in [3.8, 4) is 0 Å². The third-order valence-electron chi connectivity index (χ3n) is 4.38. The Morgan fingerprint density at radius 1 is 1.16 bits per heavy atom. The van der Waals surface area contributed by atoms with Gasteiger partial charge < -0.3 is 9.47 Å². The molecule has 1 amide bonds. The monoisotopic (exact) mass is 260 g/mol. The van der Waals surface area contributed by atoms with Gasteiger partial charge in [-0.25, -0.2) is 0 Å². The molecule has 1 saturated heterocycles. The zero-order valence-corrected chi connectivity index (χ0v) is 11.1. The van der Waals surface area contributed by atoms with E-state index in [1.54, 1.807) is 17.0 Å². The van der Waals surface area contributed by atoms with E-state index in [2.05, 4.69) is 0 Å². The number of likely N-dealkylation sites (tertiary alicyclic amines) is 1. The van der Waals surface area contributed by atoms with Gasteiger partial charge >= 0.3 is 0 Å². The SMILES string of the molecule is O=C(Cn1ccc(=O)cc1)N1C[C@@H]2CCC[C@H](C2)C1. The summed E-state index contributed by atoms with van der Waals surface area (Å²) >= 11 is 0. The van der Waals surface area contributed by atoms with Crippen LogP contribution in [0, 0.1) is 11.8 Å². The summed E-state index contributed by atoms with van der Waals surface area (Å²) < 4.78 is 1.79. The highest BCUT2D eigenvalue weighted by molar-refractivity contribution is 5.76. The molecule has 0 spiro atoms. The van der Waals surface area contributed by atoms with Crippen LogP contribution in [0.2, 0.25) is 0 Å². The summed E-state index contributed by atoms with van der Waals surface area (Å²) in [5.74, 6) is 1.61. The molecular formula is C15H20N2O2. The van der Waals surface area contributed by atoms with Crippen LogP contribution in [0.4, 0.5) is 0 Å². The Kier molecular flexibility index (Phi) is 3.40. The summed E-state index contributed by atoms with van der Waals surface area (Å²) in [5.41, 5.74) is -0.0174. The van der Waals surface area contributed by atoms with E-state index in [0.29, 0.717) is 18.4 Å². The van der Waals surface area contributed by atoms with Crippen LogP contribution in [0.1, 0.15) is 25.7 Å². The Bertz CT molecular complexity index is 491. The number of fused-ring (bicyclic) bond motifs is 2. The summed E-state index contributed by atoms with van der Waals surface area (Å²) in [6.07, 6.45) is 8.56. The minimum absolute atomic E-state index is 0.0174. The van der Waals surface area contributed by atoms with Gasteiger partial charge in [0.25, 0.3) is 0 Å². The fraction of sp³-hybridized carbons (Fsp3) is 0.600. The Labute approximate surface area is 113 Å². The van der Waals surface area contributed by atoms with E-state index in [1.807, 2.05) is 4.90 Å². The molecule has 3 rings (SSSR count). The number of pyridine rings is 1. The molecule has 2 fully saturated rings. The number of hydrogen-bond acceptors (Lipinski definition) is 2. The summed E-state index contributed by atoms with van der Waals surface area (Å²) in [7, 11) is 0. The summed E-state index contributed by atoms with van der Waals surface area (Å²) in [6, 6.07) is 3.00. The first kappa shape index (κ1) is 12.5. The van der Waals surface area contributed by atoms with Crippen LogP contribution >= 0.6 is 0 Å². The zero-order valence-electron chi connectivity index (χ0n) is 11.1. The molecule has 2 bridgehead atoms. The van der Waals surface area contributed by atoms with Gasteiger partial charge in [0.2, 0.25) is 5.91 Å². The molecular weight excluding hydrogens is 240 g/mol. The molecule has 19 heavy (non-hydrogen) atoms. The first-order chi connectivity index (χ1) is 9.20. The molecule has 1 aromatic rings. The van der Waals surface area contributed by atoms with Gasteiger partial charge in [-0.05, 0) is 31.1 Å². The molecule has 2 atom stereocenters. The van der Waals surface area contributed by atoms with Crippen LogP contribution in [0.25, 0.3) is 0 Å². The summed E-state index contributed by atoms with van der Waals surface area (Å²) in [4.78, 5) is 25.4. The average Bonchev–Trinajstić information content (AvgIpc) is 2.41. The number of hydrogen-bond donors (Lipinski definition) is 0.